The summed E-state index contributed by atoms with van der Waals surface area (Å²) in [4.78, 5) is 0. The molecule has 4 heteroatoms. The maximum atomic E-state index is 4.93. The van der Waals surface area contributed by atoms with Crippen LogP contribution in [0.3, 0.4) is 0 Å². The summed E-state index contributed by atoms with van der Waals surface area (Å²) in [6.07, 6.45) is 0. The van der Waals surface area contributed by atoms with Gasteiger partial charge in [0.1, 0.15) is 0 Å². The molecule has 1 rings (SSSR count). The van der Waals surface area contributed by atoms with Crippen molar-refractivity contribution in [3.05, 3.63) is 24.3 Å². The van der Waals surface area contributed by atoms with Crippen LogP contribution in [0.4, 0.5) is 0 Å². The molecule has 62 valence electrons. The van der Waals surface area contributed by atoms with Gasteiger partial charge < -0.3 is 9.47 Å². The van der Waals surface area contributed by atoms with Crippen molar-refractivity contribution in [2.75, 3.05) is 14.2 Å². The van der Waals surface area contributed by atoms with E-state index in [2.05, 4.69) is 25.8 Å². The predicted octanol–water partition coefficient (Wildman–Crippen LogP) is 2.39. The molecular weight excluding hydrogens is 320 g/mol. The molecule has 0 bridgehead atoms. The quantitative estimate of drug-likeness (QED) is 0.471. The van der Waals surface area contributed by atoms with Crippen molar-refractivity contribution in [2.45, 2.75) is 0 Å². The number of rotatable bonds is 2. The summed E-state index contributed by atoms with van der Waals surface area (Å²) in [5.41, 5.74) is 0. The van der Waals surface area contributed by atoms with Gasteiger partial charge in [0.15, 0.2) is 0 Å². The zero-order chi connectivity index (χ0) is 9.40. The number of hydrogen-bond acceptors (Lipinski definition) is 2. The van der Waals surface area contributed by atoms with Crippen LogP contribution in [0.15, 0.2) is 18.2 Å². The van der Waals surface area contributed by atoms with E-state index in [0.29, 0.717) is 0 Å². The van der Waals surface area contributed by atoms with Crippen LogP contribution in [0.5, 0.6) is 11.5 Å². The fraction of sp³-hybridized carbons (Fsp3) is 0.250. The Hall–Kier alpha value is 0.173. The molecule has 0 fully saturated rings. The summed E-state index contributed by atoms with van der Waals surface area (Å²) in [6, 6.07) is 8.26. The fourth-order valence-corrected chi connectivity index (χ4v) is 0.650. The molecule has 0 heterocycles. The third-order valence-electron chi connectivity index (χ3n) is 1.21. The van der Waals surface area contributed by atoms with E-state index in [0.717, 1.165) is 11.5 Å². The first kappa shape index (κ1) is 12.2. The van der Waals surface area contributed by atoms with E-state index in [4.69, 9.17) is 9.47 Å². The molecule has 1 aromatic carbocycles. The Balaban J connectivity index is 0.000000561. The molecule has 0 aliphatic carbocycles. The number of halogens is 1. The van der Waals surface area contributed by atoms with Crippen molar-refractivity contribution in [3.63, 3.8) is 0 Å². The van der Waals surface area contributed by atoms with Gasteiger partial charge >= 0.3 is 34.5 Å². The van der Waals surface area contributed by atoms with Gasteiger partial charge in [-0.1, -0.05) is 0 Å². The molecule has 0 radical (unpaired) electrons. The second kappa shape index (κ2) is 7.80. The molecule has 0 unspecified atom stereocenters. The van der Waals surface area contributed by atoms with E-state index in [1.165, 1.54) is 14.8 Å². The molecule has 0 spiro atoms. The maximum absolute atomic E-state index is 4.93. The molecule has 0 aliphatic heterocycles. The summed E-state index contributed by atoms with van der Waals surface area (Å²) in [6.45, 7) is 0. The summed E-state index contributed by atoms with van der Waals surface area (Å²) in [5, 5.41) is 0. The molecule has 12 heavy (non-hydrogen) atoms. The minimum absolute atomic E-state index is 0.723. The third-order valence-corrected chi connectivity index (χ3v) is 1.21. The third kappa shape index (κ3) is 4.26. The summed E-state index contributed by atoms with van der Waals surface area (Å²) in [5.74, 6) is 1.52. The Bertz CT molecular complexity index is 178. The SMILES string of the molecule is COc1[c-]cc(OC)cc1.[Zn+][I]. The normalized spacial score (nSPS) is 8.08. The molecule has 1 aromatic rings. The van der Waals surface area contributed by atoms with E-state index >= 15 is 0 Å². The Kier molecular flexibility index (Phi) is 7.92. The van der Waals surface area contributed by atoms with Gasteiger partial charge in [-0.3, -0.25) is 0 Å². The number of ether oxygens (including phenoxy) is 2. The summed E-state index contributed by atoms with van der Waals surface area (Å²) >= 11 is 3.62. The molecule has 0 amide bonds. The van der Waals surface area contributed by atoms with Crippen molar-refractivity contribution < 1.29 is 24.3 Å². The van der Waals surface area contributed by atoms with E-state index < -0.39 is 0 Å². The molecule has 0 saturated heterocycles. The van der Waals surface area contributed by atoms with Crippen LogP contribution in [0.25, 0.3) is 0 Å². The van der Waals surface area contributed by atoms with Crippen LogP contribution in [0.1, 0.15) is 0 Å². The van der Waals surface area contributed by atoms with Gasteiger partial charge in [0.05, 0.1) is 14.2 Å². The summed E-state index contributed by atoms with van der Waals surface area (Å²) in [7, 11) is 3.23. The van der Waals surface area contributed by atoms with Crippen LogP contribution in [-0.4, -0.2) is 14.2 Å². The van der Waals surface area contributed by atoms with Crippen molar-refractivity contribution in [2.24, 2.45) is 0 Å². The van der Waals surface area contributed by atoms with Crippen molar-refractivity contribution in [3.8, 4) is 11.5 Å². The van der Waals surface area contributed by atoms with Gasteiger partial charge in [0.25, 0.3) is 0 Å². The second-order valence-electron chi connectivity index (χ2n) is 1.80. The van der Waals surface area contributed by atoms with Crippen LogP contribution < -0.4 is 9.47 Å². The van der Waals surface area contributed by atoms with Gasteiger partial charge in [-0.2, -0.15) is 0 Å². The molecule has 0 aromatic heterocycles. The Morgan fingerprint density at radius 2 is 1.92 bits per heavy atom. The van der Waals surface area contributed by atoms with Crippen LogP contribution in [0.2, 0.25) is 0 Å². The standard InChI is InChI=1S/C8H9O2.HI.Zn/c1-9-7-3-5-8(10-2)6-4-7;;/h3-5H,1-2H3;1H;/q-1;;+2/p-1. The molecule has 2 nitrogen and oxygen atoms in total. The van der Waals surface area contributed by atoms with E-state index in [9.17, 15) is 0 Å². The zero-order valence-corrected chi connectivity index (χ0v) is 12.3. The molecular formula is C8H9IO2Zn. The molecule has 0 aliphatic rings. The van der Waals surface area contributed by atoms with Crippen LogP contribution >= 0.6 is 19.8 Å². The second-order valence-corrected chi connectivity index (χ2v) is 1.80. The molecule has 0 saturated carbocycles. The fourth-order valence-electron chi connectivity index (χ4n) is 0.650. The van der Waals surface area contributed by atoms with Gasteiger partial charge in [-0.15, -0.1) is 24.3 Å². The first-order chi connectivity index (χ1) is 5.86. The summed E-state index contributed by atoms with van der Waals surface area (Å²) < 4.78 is 9.83. The number of methoxy groups -OCH3 is 2. The van der Waals surface area contributed by atoms with Crippen molar-refractivity contribution in [1.29, 1.82) is 0 Å². The first-order valence-corrected chi connectivity index (χ1v) is 12.3. The molecule has 0 N–H and O–H groups in total. The van der Waals surface area contributed by atoms with Crippen LogP contribution in [-0.2, 0) is 14.8 Å². The molecule has 0 atom stereocenters. The van der Waals surface area contributed by atoms with Gasteiger partial charge in [-0.05, 0) is 0 Å². The Morgan fingerprint density at radius 1 is 1.25 bits per heavy atom. The van der Waals surface area contributed by atoms with E-state index in [1.54, 1.807) is 26.4 Å². The predicted molar refractivity (Wildman–Crippen MR) is 52.4 cm³/mol. The monoisotopic (exact) mass is 328 g/mol. The topological polar surface area (TPSA) is 18.5 Å². The first-order valence-electron chi connectivity index (χ1n) is 3.23. The van der Waals surface area contributed by atoms with Crippen molar-refractivity contribution in [1.82, 2.24) is 0 Å². The average molecular weight is 329 g/mol. The van der Waals surface area contributed by atoms with Crippen LogP contribution in [0, 0.1) is 6.07 Å². The number of hydrogen-bond donors (Lipinski definition) is 0. The van der Waals surface area contributed by atoms with E-state index in [1.807, 2.05) is 6.07 Å². The number of benzene rings is 1. The van der Waals surface area contributed by atoms with Gasteiger partial charge in [-0.25, -0.2) is 0 Å². The van der Waals surface area contributed by atoms with Crippen molar-refractivity contribution >= 4 is 19.8 Å². The minimum atomic E-state index is 0.723. The van der Waals surface area contributed by atoms with E-state index in [-0.39, 0.29) is 0 Å². The Labute approximate surface area is 93.5 Å². The van der Waals surface area contributed by atoms with Gasteiger partial charge in [0.2, 0.25) is 0 Å². The Morgan fingerprint density at radius 3 is 2.25 bits per heavy atom. The zero-order valence-electron chi connectivity index (χ0n) is 7.13. The van der Waals surface area contributed by atoms with Gasteiger partial charge in [0, 0.05) is 11.5 Å². The average Bonchev–Trinajstić information content (AvgIpc) is 2.21.